The Morgan fingerprint density at radius 3 is 2.95 bits per heavy atom. The van der Waals surface area contributed by atoms with E-state index in [1.165, 1.54) is 11.3 Å². The summed E-state index contributed by atoms with van der Waals surface area (Å²) in [5.74, 6) is -0.973. The van der Waals surface area contributed by atoms with Gasteiger partial charge in [0.2, 0.25) is 12.1 Å². The van der Waals surface area contributed by atoms with Crippen LogP contribution in [-0.4, -0.2) is 56.2 Å². The standard InChI is InChI=1S/C12H15FN2O3S/c1-18-12(17)9(13)7-14-4-5-15(10(16)8-14)11-3-2-6-19-11/h2-3,6,9H,4-5,7-8H2,1H3/t9-/m1/s1. The van der Waals surface area contributed by atoms with Crippen LogP contribution in [-0.2, 0) is 14.3 Å². The molecule has 0 radical (unpaired) electrons. The zero-order valence-corrected chi connectivity index (χ0v) is 11.4. The summed E-state index contributed by atoms with van der Waals surface area (Å²) in [5.41, 5.74) is 0. The molecular weight excluding hydrogens is 271 g/mol. The maximum Gasteiger partial charge on any atom is 0.341 e. The quantitative estimate of drug-likeness (QED) is 0.772. The molecule has 1 atom stereocenters. The smallest absolute Gasteiger partial charge is 0.341 e. The molecule has 104 valence electrons. The number of hydrogen-bond donors (Lipinski definition) is 0. The van der Waals surface area contributed by atoms with E-state index in [2.05, 4.69) is 4.74 Å². The van der Waals surface area contributed by atoms with Crippen molar-refractivity contribution in [2.24, 2.45) is 0 Å². The molecule has 0 spiro atoms. The lowest BCUT2D eigenvalue weighted by Gasteiger charge is -2.33. The van der Waals surface area contributed by atoms with Crippen molar-refractivity contribution in [1.82, 2.24) is 4.90 Å². The van der Waals surface area contributed by atoms with Gasteiger partial charge in [0, 0.05) is 19.6 Å². The van der Waals surface area contributed by atoms with Gasteiger partial charge in [0.25, 0.3) is 0 Å². The summed E-state index contributed by atoms with van der Waals surface area (Å²) in [6, 6.07) is 3.76. The number of thiophene rings is 1. The largest absolute Gasteiger partial charge is 0.467 e. The predicted molar refractivity (Wildman–Crippen MR) is 70.0 cm³/mol. The summed E-state index contributed by atoms with van der Waals surface area (Å²) in [4.78, 5) is 26.3. The van der Waals surface area contributed by atoms with Crippen LogP contribution >= 0.6 is 11.3 Å². The Hall–Kier alpha value is -1.47. The van der Waals surface area contributed by atoms with E-state index >= 15 is 0 Å². The van der Waals surface area contributed by atoms with Crippen molar-refractivity contribution < 1.29 is 18.7 Å². The minimum atomic E-state index is -1.70. The molecular formula is C12H15FN2O3S. The average Bonchev–Trinajstić information content (AvgIpc) is 2.91. The normalized spacial score (nSPS) is 18.4. The van der Waals surface area contributed by atoms with Crippen LogP contribution in [0.4, 0.5) is 9.39 Å². The highest BCUT2D eigenvalue weighted by Crippen LogP contribution is 2.23. The number of rotatable bonds is 4. The minimum Gasteiger partial charge on any atom is -0.467 e. The van der Waals surface area contributed by atoms with Crippen LogP contribution in [0.15, 0.2) is 17.5 Å². The Labute approximate surface area is 114 Å². The first-order valence-electron chi connectivity index (χ1n) is 5.90. The first-order valence-corrected chi connectivity index (χ1v) is 6.78. The van der Waals surface area contributed by atoms with Crippen molar-refractivity contribution in [3.05, 3.63) is 17.5 Å². The third kappa shape index (κ3) is 3.30. The van der Waals surface area contributed by atoms with E-state index in [0.29, 0.717) is 13.1 Å². The fourth-order valence-corrected chi connectivity index (χ4v) is 2.74. The fraction of sp³-hybridized carbons (Fsp3) is 0.500. The van der Waals surface area contributed by atoms with Gasteiger partial charge in [-0.05, 0) is 17.5 Å². The van der Waals surface area contributed by atoms with Crippen molar-refractivity contribution in [2.45, 2.75) is 6.17 Å². The summed E-state index contributed by atoms with van der Waals surface area (Å²) >= 11 is 1.50. The van der Waals surface area contributed by atoms with Gasteiger partial charge in [-0.25, -0.2) is 9.18 Å². The number of esters is 1. The number of hydrogen-bond acceptors (Lipinski definition) is 5. The highest BCUT2D eigenvalue weighted by molar-refractivity contribution is 7.14. The molecule has 1 saturated heterocycles. The van der Waals surface area contributed by atoms with Crippen molar-refractivity contribution in [2.75, 3.05) is 38.2 Å². The molecule has 1 fully saturated rings. The number of carbonyl (C=O) groups excluding carboxylic acids is 2. The number of ether oxygens (including phenoxy) is 1. The second kappa shape index (κ2) is 6.12. The molecule has 19 heavy (non-hydrogen) atoms. The molecule has 1 aromatic rings. The summed E-state index contributed by atoms with van der Waals surface area (Å²) in [6.45, 7) is 1.07. The van der Waals surface area contributed by atoms with Gasteiger partial charge in [-0.2, -0.15) is 0 Å². The summed E-state index contributed by atoms with van der Waals surface area (Å²) in [6.07, 6.45) is -1.70. The number of halogens is 1. The SMILES string of the molecule is COC(=O)[C@H](F)CN1CCN(c2cccs2)C(=O)C1. The Bertz CT molecular complexity index is 452. The van der Waals surface area contributed by atoms with Gasteiger partial charge < -0.3 is 9.64 Å². The molecule has 1 aliphatic heterocycles. The Morgan fingerprint density at radius 2 is 2.37 bits per heavy atom. The third-order valence-corrected chi connectivity index (χ3v) is 3.84. The van der Waals surface area contributed by atoms with Crippen LogP contribution in [0.5, 0.6) is 0 Å². The Balaban J connectivity index is 1.90. The zero-order chi connectivity index (χ0) is 13.8. The van der Waals surface area contributed by atoms with Gasteiger partial charge in [0.1, 0.15) is 0 Å². The molecule has 0 aromatic carbocycles. The number of alkyl halides is 1. The first kappa shape index (κ1) is 14.0. The molecule has 1 amide bonds. The Kier molecular flexibility index (Phi) is 4.49. The van der Waals surface area contributed by atoms with Gasteiger partial charge in [-0.15, -0.1) is 11.3 Å². The van der Waals surface area contributed by atoms with Crippen molar-refractivity contribution in [1.29, 1.82) is 0 Å². The molecule has 2 rings (SSSR count). The van der Waals surface area contributed by atoms with Crippen LogP contribution in [0.2, 0.25) is 0 Å². The predicted octanol–water partition coefficient (Wildman–Crippen LogP) is 0.908. The van der Waals surface area contributed by atoms with Crippen molar-refractivity contribution >= 4 is 28.2 Å². The second-order valence-corrected chi connectivity index (χ2v) is 5.15. The molecule has 7 heteroatoms. The lowest BCUT2D eigenvalue weighted by atomic mass is 10.2. The number of carbonyl (C=O) groups is 2. The molecule has 1 aromatic heterocycles. The van der Waals surface area contributed by atoms with Gasteiger partial charge in [0.05, 0.1) is 18.7 Å². The second-order valence-electron chi connectivity index (χ2n) is 4.22. The van der Waals surface area contributed by atoms with Crippen molar-refractivity contribution in [3.63, 3.8) is 0 Å². The van der Waals surface area contributed by atoms with Gasteiger partial charge in [-0.3, -0.25) is 9.69 Å². The molecule has 5 nitrogen and oxygen atoms in total. The monoisotopic (exact) mass is 286 g/mol. The highest BCUT2D eigenvalue weighted by Gasteiger charge is 2.29. The van der Waals surface area contributed by atoms with E-state index in [1.807, 2.05) is 17.5 Å². The summed E-state index contributed by atoms with van der Waals surface area (Å²) in [5, 5.41) is 2.80. The zero-order valence-electron chi connectivity index (χ0n) is 10.5. The van der Waals surface area contributed by atoms with Crippen LogP contribution in [0.25, 0.3) is 0 Å². The van der Waals surface area contributed by atoms with Crippen LogP contribution < -0.4 is 4.90 Å². The van der Waals surface area contributed by atoms with Crippen LogP contribution in [0, 0.1) is 0 Å². The molecule has 2 heterocycles. The van der Waals surface area contributed by atoms with Crippen LogP contribution in [0.1, 0.15) is 0 Å². The van der Waals surface area contributed by atoms with Crippen molar-refractivity contribution in [3.8, 4) is 0 Å². The topological polar surface area (TPSA) is 49.9 Å². The first-order chi connectivity index (χ1) is 9.11. The number of piperazine rings is 1. The van der Waals surface area contributed by atoms with E-state index in [1.54, 1.807) is 9.80 Å². The number of anilines is 1. The molecule has 0 N–H and O–H groups in total. The summed E-state index contributed by atoms with van der Waals surface area (Å²) in [7, 11) is 1.15. The van der Waals surface area contributed by atoms with Gasteiger partial charge in [-0.1, -0.05) is 0 Å². The molecule has 0 unspecified atom stereocenters. The lowest BCUT2D eigenvalue weighted by Crippen LogP contribution is -2.52. The number of amides is 1. The molecule has 0 aliphatic carbocycles. The van der Waals surface area contributed by atoms with E-state index in [-0.39, 0.29) is 19.0 Å². The molecule has 0 saturated carbocycles. The third-order valence-electron chi connectivity index (χ3n) is 2.95. The number of methoxy groups -OCH3 is 1. The van der Waals surface area contributed by atoms with Crippen LogP contribution in [0.3, 0.4) is 0 Å². The maximum atomic E-state index is 13.4. The molecule has 1 aliphatic rings. The van der Waals surface area contributed by atoms with Gasteiger partial charge in [0.15, 0.2) is 0 Å². The Morgan fingerprint density at radius 1 is 1.58 bits per heavy atom. The minimum absolute atomic E-state index is 0.0780. The van der Waals surface area contributed by atoms with E-state index in [0.717, 1.165) is 12.1 Å². The van der Waals surface area contributed by atoms with Gasteiger partial charge >= 0.3 is 5.97 Å². The lowest BCUT2D eigenvalue weighted by molar-refractivity contribution is -0.147. The molecule has 0 bridgehead atoms. The average molecular weight is 286 g/mol. The highest BCUT2D eigenvalue weighted by atomic mass is 32.1. The van der Waals surface area contributed by atoms with E-state index in [9.17, 15) is 14.0 Å². The van der Waals surface area contributed by atoms with E-state index < -0.39 is 12.1 Å². The number of nitrogens with zero attached hydrogens (tertiary/aromatic N) is 2. The fourth-order valence-electron chi connectivity index (χ4n) is 1.96. The maximum absolute atomic E-state index is 13.4. The van der Waals surface area contributed by atoms with E-state index in [4.69, 9.17) is 0 Å². The summed E-state index contributed by atoms with van der Waals surface area (Å²) < 4.78 is 17.8.